The van der Waals surface area contributed by atoms with Gasteiger partial charge in [-0.25, -0.2) is 4.79 Å². The maximum atomic E-state index is 12.0. The summed E-state index contributed by atoms with van der Waals surface area (Å²) in [5, 5.41) is 10.9. The summed E-state index contributed by atoms with van der Waals surface area (Å²) < 4.78 is 5.23. The van der Waals surface area contributed by atoms with Gasteiger partial charge in [0.1, 0.15) is 5.69 Å². The van der Waals surface area contributed by atoms with E-state index in [-0.39, 0.29) is 6.03 Å². The SMILES string of the molecule is O=C(NCc1noc2ccccc12)NC1CCCCCC1. The highest BCUT2D eigenvalue weighted by molar-refractivity contribution is 5.80. The topological polar surface area (TPSA) is 67.2 Å². The highest BCUT2D eigenvalue weighted by Crippen LogP contribution is 2.18. The Morgan fingerprint density at radius 1 is 1.19 bits per heavy atom. The van der Waals surface area contributed by atoms with Crippen LogP contribution in [0.3, 0.4) is 0 Å². The highest BCUT2D eigenvalue weighted by Gasteiger charge is 2.15. The average Bonchev–Trinajstić information content (AvgIpc) is 2.74. The number of carbonyl (C=O) groups is 1. The molecule has 0 bridgehead atoms. The monoisotopic (exact) mass is 287 g/mol. The van der Waals surface area contributed by atoms with E-state index in [1.807, 2.05) is 24.3 Å². The molecule has 0 spiro atoms. The molecule has 1 fully saturated rings. The van der Waals surface area contributed by atoms with Gasteiger partial charge < -0.3 is 15.2 Å². The smallest absolute Gasteiger partial charge is 0.315 e. The number of aromatic nitrogens is 1. The van der Waals surface area contributed by atoms with Crippen molar-refractivity contribution in [1.82, 2.24) is 15.8 Å². The van der Waals surface area contributed by atoms with Crippen LogP contribution in [0, 0.1) is 0 Å². The number of amides is 2. The Bertz CT molecular complexity index is 600. The van der Waals surface area contributed by atoms with E-state index in [4.69, 9.17) is 4.52 Å². The van der Waals surface area contributed by atoms with Crippen LogP contribution in [-0.2, 0) is 6.54 Å². The van der Waals surface area contributed by atoms with E-state index in [2.05, 4.69) is 15.8 Å². The molecule has 1 aromatic heterocycles. The number of urea groups is 1. The number of nitrogens with one attached hydrogen (secondary N) is 2. The first kappa shape index (κ1) is 13.9. The van der Waals surface area contributed by atoms with E-state index < -0.39 is 0 Å². The van der Waals surface area contributed by atoms with Crippen LogP contribution in [0.5, 0.6) is 0 Å². The molecule has 1 heterocycles. The van der Waals surface area contributed by atoms with Crippen molar-refractivity contribution in [1.29, 1.82) is 0 Å². The minimum absolute atomic E-state index is 0.117. The van der Waals surface area contributed by atoms with E-state index >= 15 is 0 Å². The predicted molar refractivity (Wildman–Crippen MR) is 80.9 cm³/mol. The summed E-state index contributed by atoms with van der Waals surface area (Å²) in [5.41, 5.74) is 1.51. The number of fused-ring (bicyclic) bond motifs is 1. The zero-order chi connectivity index (χ0) is 14.5. The lowest BCUT2D eigenvalue weighted by Gasteiger charge is -2.16. The minimum Gasteiger partial charge on any atom is -0.356 e. The van der Waals surface area contributed by atoms with Crippen molar-refractivity contribution in [2.75, 3.05) is 0 Å². The number of hydrogen-bond acceptors (Lipinski definition) is 3. The van der Waals surface area contributed by atoms with Gasteiger partial charge in [0.15, 0.2) is 5.58 Å². The first-order valence-electron chi connectivity index (χ1n) is 7.70. The molecule has 0 saturated heterocycles. The number of hydrogen-bond donors (Lipinski definition) is 2. The minimum atomic E-state index is -0.117. The molecule has 5 heteroatoms. The summed E-state index contributed by atoms with van der Waals surface area (Å²) in [7, 11) is 0. The second-order valence-corrected chi connectivity index (χ2v) is 5.64. The first-order valence-corrected chi connectivity index (χ1v) is 7.70. The number of nitrogens with zero attached hydrogens (tertiary/aromatic N) is 1. The fourth-order valence-electron chi connectivity index (χ4n) is 2.89. The Labute approximate surface area is 124 Å². The van der Waals surface area contributed by atoms with Crippen molar-refractivity contribution in [2.45, 2.75) is 51.1 Å². The Kier molecular flexibility index (Phi) is 4.38. The van der Waals surface area contributed by atoms with Crippen LogP contribution in [0.25, 0.3) is 11.0 Å². The van der Waals surface area contributed by atoms with E-state index in [1.54, 1.807) is 0 Å². The second-order valence-electron chi connectivity index (χ2n) is 5.64. The Balaban J connectivity index is 1.53. The van der Waals surface area contributed by atoms with Gasteiger partial charge in [-0.2, -0.15) is 0 Å². The van der Waals surface area contributed by atoms with Crippen LogP contribution < -0.4 is 10.6 Å². The van der Waals surface area contributed by atoms with E-state index in [9.17, 15) is 4.79 Å². The first-order chi connectivity index (χ1) is 10.3. The summed E-state index contributed by atoms with van der Waals surface area (Å²) in [5.74, 6) is 0. The molecule has 1 aliphatic carbocycles. The molecule has 2 aromatic rings. The molecular weight excluding hydrogens is 266 g/mol. The van der Waals surface area contributed by atoms with Crippen molar-refractivity contribution < 1.29 is 9.32 Å². The third-order valence-electron chi connectivity index (χ3n) is 4.06. The third kappa shape index (κ3) is 3.54. The molecule has 5 nitrogen and oxygen atoms in total. The number of rotatable bonds is 3. The maximum absolute atomic E-state index is 12.0. The molecule has 112 valence electrons. The number of carbonyl (C=O) groups excluding carboxylic acids is 1. The van der Waals surface area contributed by atoms with E-state index in [0.717, 1.165) is 29.5 Å². The average molecular weight is 287 g/mol. The van der Waals surface area contributed by atoms with E-state index in [1.165, 1.54) is 25.7 Å². The summed E-state index contributed by atoms with van der Waals surface area (Å²) in [6.07, 6.45) is 7.15. The largest absolute Gasteiger partial charge is 0.356 e. The zero-order valence-corrected chi connectivity index (χ0v) is 12.1. The Hall–Kier alpha value is -2.04. The molecule has 1 aliphatic rings. The summed E-state index contributed by atoms with van der Waals surface area (Å²) >= 11 is 0. The van der Waals surface area contributed by atoms with Gasteiger partial charge in [-0.15, -0.1) is 0 Å². The quantitative estimate of drug-likeness (QED) is 0.851. The van der Waals surface area contributed by atoms with Crippen LogP contribution in [0.4, 0.5) is 4.79 Å². The number of para-hydroxylation sites is 1. The molecule has 21 heavy (non-hydrogen) atoms. The molecular formula is C16H21N3O2. The van der Waals surface area contributed by atoms with Gasteiger partial charge in [0.25, 0.3) is 0 Å². The molecule has 3 rings (SSSR count). The third-order valence-corrected chi connectivity index (χ3v) is 4.06. The fourth-order valence-corrected chi connectivity index (χ4v) is 2.89. The van der Waals surface area contributed by atoms with Crippen molar-refractivity contribution in [3.8, 4) is 0 Å². The molecule has 0 atom stereocenters. The lowest BCUT2D eigenvalue weighted by molar-refractivity contribution is 0.235. The lowest BCUT2D eigenvalue weighted by Crippen LogP contribution is -2.41. The Morgan fingerprint density at radius 2 is 1.95 bits per heavy atom. The molecule has 1 saturated carbocycles. The van der Waals surface area contributed by atoms with Crippen molar-refractivity contribution in [2.24, 2.45) is 0 Å². The lowest BCUT2D eigenvalue weighted by atomic mass is 10.1. The van der Waals surface area contributed by atoms with Gasteiger partial charge in [-0.05, 0) is 25.0 Å². The van der Waals surface area contributed by atoms with Crippen LogP contribution in [-0.4, -0.2) is 17.2 Å². The van der Waals surface area contributed by atoms with Gasteiger partial charge in [0.2, 0.25) is 0 Å². The summed E-state index contributed by atoms with van der Waals surface area (Å²) in [4.78, 5) is 12.0. The molecule has 0 radical (unpaired) electrons. The van der Waals surface area contributed by atoms with Gasteiger partial charge in [-0.3, -0.25) is 0 Å². The number of benzene rings is 1. The maximum Gasteiger partial charge on any atom is 0.315 e. The summed E-state index contributed by atoms with van der Waals surface area (Å²) in [6.45, 7) is 0.384. The highest BCUT2D eigenvalue weighted by atomic mass is 16.5. The molecule has 2 N–H and O–H groups in total. The van der Waals surface area contributed by atoms with Crippen LogP contribution in [0.2, 0.25) is 0 Å². The predicted octanol–water partition coefficient (Wildman–Crippen LogP) is 3.35. The van der Waals surface area contributed by atoms with Crippen LogP contribution in [0.15, 0.2) is 28.8 Å². The Morgan fingerprint density at radius 3 is 2.76 bits per heavy atom. The van der Waals surface area contributed by atoms with Crippen molar-refractivity contribution >= 4 is 17.0 Å². The summed E-state index contributed by atoms with van der Waals surface area (Å²) in [6, 6.07) is 7.86. The zero-order valence-electron chi connectivity index (χ0n) is 12.1. The van der Waals surface area contributed by atoms with Crippen LogP contribution >= 0.6 is 0 Å². The molecule has 0 unspecified atom stereocenters. The van der Waals surface area contributed by atoms with Crippen LogP contribution in [0.1, 0.15) is 44.2 Å². The van der Waals surface area contributed by atoms with Crippen molar-refractivity contribution in [3.05, 3.63) is 30.0 Å². The normalized spacial score (nSPS) is 16.6. The molecule has 1 aromatic carbocycles. The van der Waals surface area contributed by atoms with Gasteiger partial charge in [-0.1, -0.05) is 43.0 Å². The molecule has 0 aliphatic heterocycles. The van der Waals surface area contributed by atoms with Gasteiger partial charge in [0.05, 0.1) is 6.54 Å². The standard InChI is InChI=1S/C16H21N3O2/c20-16(18-12-7-3-1-2-4-8-12)17-11-14-13-9-5-6-10-15(13)21-19-14/h5-6,9-10,12H,1-4,7-8,11H2,(H2,17,18,20). The molecule has 2 amide bonds. The van der Waals surface area contributed by atoms with Gasteiger partial charge >= 0.3 is 6.03 Å². The van der Waals surface area contributed by atoms with E-state index in [0.29, 0.717) is 12.6 Å². The fraction of sp³-hybridized carbons (Fsp3) is 0.500. The van der Waals surface area contributed by atoms with Gasteiger partial charge in [0, 0.05) is 11.4 Å². The second kappa shape index (κ2) is 6.61. The van der Waals surface area contributed by atoms with Crippen molar-refractivity contribution in [3.63, 3.8) is 0 Å².